The highest BCUT2D eigenvalue weighted by Gasteiger charge is 2.20. The molecule has 5 aromatic rings. The molecule has 2 N–H and O–H groups in total. The monoisotopic (exact) mass is 560 g/mol. The fourth-order valence-electron chi connectivity index (χ4n) is 3.80. The van der Waals surface area contributed by atoms with Gasteiger partial charge in [-0.2, -0.15) is 0 Å². The summed E-state index contributed by atoms with van der Waals surface area (Å²) in [4.78, 5) is 30.0. The summed E-state index contributed by atoms with van der Waals surface area (Å²) in [6.45, 7) is 0.0968. The number of aromatic nitrogens is 4. The van der Waals surface area contributed by atoms with Crippen molar-refractivity contribution in [3.05, 3.63) is 84.2 Å². The molecule has 2 aromatic heterocycles. The Morgan fingerprint density at radius 1 is 0.974 bits per heavy atom. The average molecular weight is 561 g/mol. The molecule has 0 aliphatic rings. The smallest absolute Gasteiger partial charge is 0.251 e. The maximum Gasteiger partial charge on any atom is 0.251 e. The second kappa shape index (κ2) is 12.0. The molecule has 10 nitrogen and oxygen atoms in total. The minimum absolute atomic E-state index is 0.0827. The van der Waals surface area contributed by atoms with Crippen LogP contribution < -0.4 is 20.1 Å². The van der Waals surface area contributed by atoms with Crippen LogP contribution in [0, 0.1) is 0 Å². The predicted octanol–water partition coefficient (Wildman–Crippen LogP) is 4.56. The number of methoxy groups -OCH3 is 2. The summed E-state index contributed by atoms with van der Waals surface area (Å²) < 4.78 is 13.5. The lowest BCUT2D eigenvalue weighted by molar-refractivity contribution is -0.113. The largest absolute Gasteiger partial charge is 0.497 e. The minimum atomic E-state index is -0.284. The molecule has 198 valence electrons. The number of nitrogens with one attached hydrogen (secondary N) is 2. The maximum absolute atomic E-state index is 12.8. The van der Waals surface area contributed by atoms with Crippen LogP contribution in [0.5, 0.6) is 11.5 Å². The first-order valence-electron chi connectivity index (χ1n) is 11.8. The SMILES string of the molecule is COc1cccc(C(=O)NCc2nnc(SCC(=O)Nc3nc4ccccc4s3)n2-c2ccccc2OC)c1. The van der Waals surface area contributed by atoms with E-state index in [1.807, 2.05) is 48.5 Å². The van der Waals surface area contributed by atoms with Crippen LogP contribution >= 0.6 is 23.1 Å². The Morgan fingerprint density at radius 3 is 2.62 bits per heavy atom. The van der Waals surface area contributed by atoms with Gasteiger partial charge in [-0.25, -0.2) is 4.98 Å². The quantitative estimate of drug-likeness (QED) is 0.239. The third-order valence-electron chi connectivity index (χ3n) is 5.64. The molecule has 3 aromatic carbocycles. The van der Waals surface area contributed by atoms with Gasteiger partial charge in [0.1, 0.15) is 11.5 Å². The molecular formula is C27H24N6O4S2. The van der Waals surface area contributed by atoms with E-state index >= 15 is 0 Å². The van der Waals surface area contributed by atoms with Gasteiger partial charge in [-0.05, 0) is 42.5 Å². The first-order chi connectivity index (χ1) is 19.1. The number of nitrogens with zero attached hydrogens (tertiary/aromatic N) is 4. The molecule has 0 saturated carbocycles. The number of anilines is 1. The van der Waals surface area contributed by atoms with E-state index in [9.17, 15) is 9.59 Å². The number of benzene rings is 3. The van der Waals surface area contributed by atoms with Gasteiger partial charge in [0.2, 0.25) is 5.91 Å². The summed E-state index contributed by atoms with van der Waals surface area (Å²) in [7, 11) is 3.12. The number of thiazole rings is 1. The van der Waals surface area contributed by atoms with E-state index in [1.165, 1.54) is 23.1 Å². The van der Waals surface area contributed by atoms with E-state index in [2.05, 4.69) is 25.8 Å². The molecular weight excluding hydrogens is 536 g/mol. The van der Waals surface area contributed by atoms with Gasteiger partial charge in [0, 0.05) is 5.56 Å². The molecule has 0 fully saturated rings. The summed E-state index contributed by atoms with van der Waals surface area (Å²) in [6.07, 6.45) is 0. The Hall–Kier alpha value is -4.42. The van der Waals surface area contributed by atoms with Crippen LogP contribution in [0.3, 0.4) is 0 Å². The van der Waals surface area contributed by atoms with Gasteiger partial charge in [0.25, 0.3) is 5.91 Å². The first-order valence-corrected chi connectivity index (χ1v) is 13.6. The van der Waals surface area contributed by atoms with Gasteiger partial charge in [-0.3, -0.25) is 14.2 Å². The van der Waals surface area contributed by atoms with Crippen molar-refractivity contribution < 1.29 is 19.1 Å². The molecule has 0 aliphatic heterocycles. The highest BCUT2D eigenvalue weighted by atomic mass is 32.2. The number of hydrogen-bond acceptors (Lipinski definition) is 9. The number of hydrogen-bond donors (Lipinski definition) is 2. The molecule has 2 heterocycles. The molecule has 0 radical (unpaired) electrons. The summed E-state index contributed by atoms with van der Waals surface area (Å²) in [5.74, 6) is 1.24. The Kier molecular flexibility index (Phi) is 8.04. The fraction of sp³-hybridized carbons (Fsp3) is 0.148. The van der Waals surface area contributed by atoms with Crippen molar-refractivity contribution in [2.24, 2.45) is 0 Å². The first kappa shape index (κ1) is 26.2. The van der Waals surface area contributed by atoms with Crippen molar-refractivity contribution in [3.63, 3.8) is 0 Å². The Balaban J connectivity index is 1.34. The van der Waals surface area contributed by atoms with Crippen LogP contribution in [-0.2, 0) is 11.3 Å². The molecule has 0 spiro atoms. The average Bonchev–Trinajstić information content (AvgIpc) is 3.57. The highest BCUT2D eigenvalue weighted by Crippen LogP contribution is 2.29. The summed E-state index contributed by atoms with van der Waals surface area (Å²) >= 11 is 2.64. The molecule has 12 heteroatoms. The van der Waals surface area contributed by atoms with Crippen molar-refractivity contribution in [1.82, 2.24) is 25.1 Å². The lowest BCUT2D eigenvalue weighted by atomic mass is 10.2. The van der Waals surface area contributed by atoms with E-state index in [0.717, 1.165) is 10.2 Å². The zero-order valence-corrected chi connectivity index (χ0v) is 22.7. The minimum Gasteiger partial charge on any atom is -0.497 e. The number of ether oxygens (including phenoxy) is 2. The molecule has 0 bridgehead atoms. The molecule has 39 heavy (non-hydrogen) atoms. The predicted molar refractivity (Wildman–Crippen MR) is 151 cm³/mol. The van der Waals surface area contributed by atoms with Crippen LogP contribution in [0.25, 0.3) is 15.9 Å². The van der Waals surface area contributed by atoms with Crippen molar-refractivity contribution in [2.75, 3.05) is 25.3 Å². The summed E-state index contributed by atoms with van der Waals surface area (Å²) in [6, 6.07) is 22.0. The second-order valence-corrected chi connectivity index (χ2v) is 10.1. The van der Waals surface area contributed by atoms with Crippen molar-refractivity contribution in [2.45, 2.75) is 11.7 Å². The van der Waals surface area contributed by atoms with Crippen LogP contribution in [0.15, 0.2) is 78.0 Å². The Morgan fingerprint density at radius 2 is 1.79 bits per heavy atom. The Labute approximate surface area is 232 Å². The number of fused-ring (bicyclic) bond motifs is 1. The van der Waals surface area contributed by atoms with E-state index in [4.69, 9.17) is 9.47 Å². The Bertz CT molecular complexity index is 1600. The normalized spacial score (nSPS) is 10.8. The number of thioether (sulfide) groups is 1. The molecule has 0 unspecified atom stereocenters. The third kappa shape index (κ3) is 6.02. The number of carbonyl (C=O) groups is 2. The third-order valence-corrected chi connectivity index (χ3v) is 7.52. The summed E-state index contributed by atoms with van der Waals surface area (Å²) in [5.41, 5.74) is 1.98. The van der Waals surface area contributed by atoms with E-state index < -0.39 is 0 Å². The van der Waals surface area contributed by atoms with E-state index in [0.29, 0.717) is 38.9 Å². The van der Waals surface area contributed by atoms with Crippen LogP contribution in [0.4, 0.5) is 5.13 Å². The van der Waals surface area contributed by atoms with Gasteiger partial charge in [-0.1, -0.05) is 53.4 Å². The topological polar surface area (TPSA) is 120 Å². The van der Waals surface area contributed by atoms with Gasteiger partial charge in [0.05, 0.1) is 42.4 Å². The zero-order valence-electron chi connectivity index (χ0n) is 21.1. The van der Waals surface area contributed by atoms with Crippen molar-refractivity contribution >= 4 is 50.3 Å². The van der Waals surface area contributed by atoms with Crippen molar-refractivity contribution in [3.8, 4) is 17.2 Å². The molecule has 0 aliphatic carbocycles. The summed E-state index contributed by atoms with van der Waals surface area (Å²) in [5, 5.41) is 15.4. The lowest BCUT2D eigenvalue weighted by Gasteiger charge is -2.14. The van der Waals surface area contributed by atoms with Gasteiger partial charge >= 0.3 is 0 Å². The molecule has 0 atom stereocenters. The van der Waals surface area contributed by atoms with Crippen molar-refractivity contribution in [1.29, 1.82) is 0 Å². The number of carbonyl (C=O) groups excluding carboxylic acids is 2. The molecule has 5 rings (SSSR count). The molecule has 2 amide bonds. The van der Waals surface area contributed by atoms with E-state index in [1.54, 1.807) is 43.1 Å². The van der Waals surface area contributed by atoms with E-state index in [-0.39, 0.29) is 24.1 Å². The second-order valence-electron chi connectivity index (χ2n) is 8.14. The van der Waals surface area contributed by atoms with Crippen LogP contribution in [-0.4, -0.2) is 51.5 Å². The molecule has 0 saturated heterocycles. The van der Waals surface area contributed by atoms with Crippen LogP contribution in [0.2, 0.25) is 0 Å². The standard InChI is InChI=1S/C27H24N6O4S2/c1-36-18-9-7-8-17(14-18)25(35)28-15-23-31-32-27(33(23)20-11-4-5-12-21(20)37-2)38-16-24(34)30-26-29-19-10-3-6-13-22(19)39-26/h3-14H,15-16H2,1-2H3,(H,28,35)(H,29,30,34). The number of rotatable bonds is 10. The number of para-hydroxylation sites is 3. The van der Waals surface area contributed by atoms with Gasteiger partial charge in [-0.15, -0.1) is 10.2 Å². The maximum atomic E-state index is 12.8. The number of amides is 2. The lowest BCUT2D eigenvalue weighted by Crippen LogP contribution is -2.24. The zero-order chi connectivity index (χ0) is 27.2. The van der Waals surface area contributed by atoms with Gasteiger partial charge < -0.3 is 20.1 Å². The van der Waals surface area contributed by atoms with Gasteiger partial charge in [0.15, 0.2) is 16.1 Å². The fourth-order valence-corrected chi connectivity index (χ4v) is 5.45. The van der Waals surface area contributed by atoms with Crippen LogP contribution in [0.1, 0.15) is 16.2 Å². The highest BCUT2D eigenvalue weighted by molar-refractivity contribution is 7.99.